The lowest BCUT2D eigenvalue weighted by atomic mass is 9.97. The zero-order valence-corrected chi connectivity index (χ0v) is 11.9. The van der Waals surface area contributed by atoms with Gasteiger partial charge in [0.2, 0.25) is 0 Å². The van der Waals surface area contributed by atoms with Gasteiger partial charge in [0.15, 0.2) is 0 Å². The van der Waals surface area contributed by atoms with Crippen molar-refractivity contribution >= 4 is 17.5 Å². The van der Waals surface area contributed by atoms with Crippen molar-refractivity contribution < 1.29 is 9.18 Å². The summed E-state index contributed by atoms with van der Waals surface area (Å²) in [7, 11) is 0. The fourth-order valence-corrected chi connectivity index (χ4v) is 2.89. The minimum absolute atomic E-state index is 0.0931. The molecule has 0 spiro atoms. The Kier molecular flexibility index (Phi) is 4.81. The van der Waals surface area contributed by atoms with Crippen molar-refractivity contribution in [3.8, 4) is 0 Å². The third kappa shape index (κ3) is 3.27. The summed E-state index contributed by atoms with van der Waals surface area (Å²) in [5, 5.41) is 0.397. The quantitative estimate of drug-likeness (QED) is 0.811. The lowest BCUT2D eigenvalue weighted by Gasteiger charge is -2.36. The average Bonchev–Trinajstić information content (AvgIpc) is 2.42. The highest BCUT2D eigenvalue weighted by molar-refractivity contribution is 6.31. The van der Waals surface area contributed by atoms with Gasteiger partial charge in [-0.3, -0.25) is 4.79 Å². The number of nitrogens with zero attached hydrogens (tertiary/aromatic N) is 1. The van der Waals surface area contributed by atoms with Gasteiger partial charge in [-0.2, -0.15) is 0 Å². The van der Waals surface area contributed by atoms with Crippen LogP contribution in [0.1, 0.15) is 49.4 Å². The third-order valence-electron chi connectivity index (χ3n) is 3.67. The topological polar surface area (TPSA) is 20.3 Å². The Morgan fingerprint density at radius 3 is 3.00 bits per heavy atom. The second kappa shape index (κ2) is 6.38. The zero-order chi connectivity index (χ0) is 13.8. The van der Waals surface area contributed by atoms with Crippen LogP contribution in [0.5, 0.6) is 0 Å². The molecule has 1 aliphatic rings. The van der Waals surface area contributed by atoms with E-state index in [4.69, 9.17) is 11.6 Å². The first-order valence-electron chi connectivity index (χ1n) is 6.89. The molecule has 2 nitrogen and oxygen atoms in total. The number of halogens is 2. The van der Waals surface area contributed by atoms with Gasteiger partial charge in [-0.25, -0.2) is 4.39 Å². The van der Waals surface area contributed by atoms with Gasteiger partial charge < -0.3 is 4.90 Å². The van der Waals surface area contributed by atoms with Crippen LogP contribution < -0.4 is 0 Å². The van der Waals surface area contributed by atoms with Gasteiger partial charge in [0.25, 0.3) is 5.91 Å². The van der Waals surface area contributed by atoms with E-state index in [9.17, 15) is 9.18 Å². The number of piperidine rings is 1. The molecule has 1 aliphatic heterocycles. The van der Waals surface area contributed by atoms with E-state index < -0.39 is 5.82 Å². The van der Waals surface area contributed by atoms with Crippen molar-refractivity contribution in [2.45, 2.75) is 45.1 Å². The van der Waals surface area contributed by atoms with Crippen molar-refractivity contribution in [1.82, 2.24) is 4.90 Å². The first kappa shape index (κ1) is 14.3. The van der Waals surface area contributed by atoms with Crippen LogP contribution in [-0.4, -0.2) is 23.4 Å². The zero-order valence-electron chi connectivity index (χ0n) is 11.2. The number of rotatable bonds is 3. The van der Waals surface area contributed by atoms with E-state index in [2.05, 4.69) is 6.92 Å². The Morgan fingerprint density at radius 2 is 2.26 bits per heavy atom. The van der Waals surface area contributed by atoms with Crippen molar-refractivity contribution in [2.75, 3.05) is 6.54 Å². The number of likely N-dealkylation sites (tertiary alicyclic amines) is 1. The van der Waals surface area contributed by atoms with Crippen molar-refractivity contribution in [2.24, 2.45) is 0 Å². The van der Waals surface area contributed by atoms with Crippen LogP contribution in [0.15, 0.2) is 18.2 Å². The molecule has 1 aromatic rings. The maximum Gasteiger partial charge on any atom is 0.257 e. The molecule has 1 unspecified atom stereocenters. The van der Waals surface area contributed by atoms with Crippen LogP contribution in [0.3, 0.4) is 0 Å². The Bertz CT molecular complexity index is 461. The minimum atomic E-state index is -0.491. The summed E-state index contributed by atoms with van der Waals surface area (Å²) < 4.78 is 13.8. The second-order valence-electron chi connectivity index (χ2n) is 5.06. The summed E-state index contributed by atoms with van der Waals surface area (Å²) in [5.74, 6) is -0.714. The Labute approximate surface area is 118 Å². The fourth-order valence-electron chi connectivity index (χ4n) is 2.72. The number of benzene rings is 1. The SMILES string of the molecule is CCCC1CCCCN1C(=O)c1cc(Cl)ccc1F. The van der Waals surface area contributed by atoms with E-state index >= 15 is 0 Å². The van der Waals surface area contributed by atoms with Gasteiger partial charge in [-0.15, -0.1) is 0 Å². The fraction of sp³-hybridized carbons (Fsp3) is 0.533. The predicted molar refractivity (Wildman–Crippen MR) is 75.0 cm³/mol. The molecule has 0 aliphatic carbocycles. The molecule has 1 saturated heterocycles. The monoisotopic (exact) mass is 283 g/mol. The van der Waals surface area contributed by atoms with Crippen LogP contribution >= 0.6 is 11.6 Å². The van der Waals surface area contributed by atoms with Crippen LogP contribution in [0, 0.1) is 5.82 Å². The first-order valence-corrected chi connectivity index (χ1v) is 7.27. The number of amides is 1. The van der Waals surface area contributed by atoms with Gasteiger partial charge >= 0.3 is 0 Å². The lowest BCUT2D eigenvalue weighted by Crippen LogP contribution is -2.43. The smallest absolute Gasteiger partial charge is 0.257 e. The molecule has 0 radical (unpaired) electrons. The molecule has 104 valence electrons. The van der Waals surface area contributed by atoms with Crippen LogP contribution in [-0.2, 0) is 0 Å². The highest BCUT2D eigenvalue weighted by Crippen LogP contribution is 2.25. The van der Waals surface area contributed by atoms with E-state index in [0.29, 0.717) is 5.02 Å². The molecule has 1 fully saturated rings. The van der Waals surface area contributed by atoms with E-state index in [-0.39, 0.29) is 17.5 Å². The standard InChI is InChI=1S/C15H19ClFNO/c1-2-5-12-6-3-4-9-18(12)15(19)13-10-11(16)7-8-14(13)17/h7-8,10,12H,2-6,9H2,1H3. The summed E-state index contributed by atoms with van der Waals surface area (Å²) in [6, 6.07) is 4.39. The van der Waals surface area contributed by atoms with Crippen molar-refractivity contribution in [3.63, 3.8) is 0 Å². The van der Waals surface area contributed by atoms with E-state index in [1.807, 2.05) is 4.90 Å². The first-order chi connectivity index (χ1) is 9.13. The normalized spacial score (nSPS) is 19.5. The van der Waals surface area contributed by atoms with E-state index in [1.165, 1.54) is 18.2 Å². The second-order valence-corrected chi connectivity index (χ2v) is 5.50. The molecule has 0 N–H and O–H groups in total. The van der Waals surface area contributed by atoms with Gasteiger partial charge in [0.1, 0.15) is 5.82 Å². The van der Waals surface area contributed by atoms with Crippen LogP contribution in [0.25, 0.3) is 0 Å². The van der Waals surface area contributed by atoms with Gasteiger partial charge in [-0.1, -0.05) is 24.9 Å². The molecule has 2 rings (SSSR count). The molecule has 0 aromatic heterocycles. The summed E-state index contributed by atoms with van der Waals surface area (Å²) in [6.07, 6.45) is 5.17. The Balaban J connectivity index is 2.23. The summed E-state index contributed by atoms with van der Waals surface area (Å²) in [4.78, 5) is 14.3. The molecular formula is C15H19ClFNO. The molecular weight excluding hydrogens is 265 g/mol. The van der Waals surface area contributed by atoms with Gasteiger partial charge in [0.05, 0.1) is 5.56 Å². The molecule has 4 heteroatoms. The molecule has 0 bridgehead atoms. The summed E-state index contributed by atoms with van der Waals surface area (Å²) in [5.41, 5.74) is 0.0931. The molecule has 1 aromatic carbocycles. The number of hydrogen-bond acceptors (Lipinski definition) is 1. The van der Waals surface area contributed by atoms with Crippen molar-refractivity contribution in [3.05, 3.63) is 34.6 Å². The van der Waals surface area contributed by atoms with Crippen molar-refractivity contribution in [1.29, 1.82) is 0 Å². The van der Waals surface area contributed by atoms with Gasteiger partial charge in [-0.05, 0) is 43.9 Å². The maximum absolute atomic E-state index is 13.8. The number of hydrogen-bond donors (Lipinski definition) is 0. The van der Waals surface area contributed by atoms with Gasteiger partial charge in [0, 0.05) is 17.6 Å². The van der Waals surface area contributed by atoms with E-state index in [1.54, 1.807) is 0 Å². The largest absolute Gasteiger partial charge is 0.336 e. The maximum atomic E-state index is 13.8. The Hall–Kier alpha value is -1.09. The Morgan fingerprint density at radius 1 is 1.47 bits per heavy atom. The number of carbonyl (C=O) groups is 1. The lowest BCUT2D eigenvalue weighted by molar-refractivity contribution is 0.0596. The highest BCUT2D eigenvalue weighted by atomic mass is 35.5. The third-order valence-corrected chi connectivity index (χ3v) is 3.90. The predicted octanol–water partition coefficient (Wildman–Crippen LogP) is 4.27. The molecule has 1 amide bonds. The van der Waals surface area contributed by atoms with Crippen LogP contribution in [0.4, 0.5) is 4.39 Å². The summed E-state index contributed by atoms with van der Waals surface area (Å²) >= 11 is 5.86. The number of carbonyl (C=O) groups excluding carboxylic acids is 1. The summed E-state index contributed by atoms with van der Waals surface area (Å²) in [6.45, 7) is 2.83. The van der Waals surface area contributed by atoms with E-state index in [0.717, 1.165) is 38.6 Å². The highest BCUT2D eigenvalue weighted by Gasteiger charge is 2.28. The van der Waals surface area contributed by atoms with Crippen LogP contribution in [0.2, 0.25) is 5.02 Å². The molecule has 19 heavy (non-hydrogen) atoms. The average molecular weight is 284 g/mol. The molecule has 1 atom stereocenters. The minimum Gasteiger partial charge on any atom is -0.336 e. The molecule has 1 heterocycles. The molecule has 0 saturated carbocycles.